The maximum Gasteiger partial charge on any atom is 0.289 e. The molecule has 0 aliphatic carbocycles. The van der Waals surface area contributed by atoms with Gasteiger partial charge in [-0.2, -0.15) is 0 Å². The van der Waals surface area contributed by atoms with Crippen molar-refractivity contribution in [1.82, 2.24) is 10.3 Å². The molecule has 0 saturated carbocycles. The van der Waals surface area contributed by atoms with E-state index in [1.165, 1.54) is 6.39 Å². The van der Waals surface area contributed by atoms with Crippen LogP contribution in [0, 0.1) is 6.92 Å². The molecule has 1 aromatic rings. The fourth-order valence-electron chi connectivity index (χ4n) is 1.20. The monoisotopic (exact) mass is 352 g/mol. The van der Waals surface area contributed by atoms with Crippen LogP contribution >= 0.6 is 31.9 Å². The Morgan fingerprint density at radius 1 is 1.56 bits per heavy atom. The van der Waals surface area contributed by atoms with Crippen molar-refractivity contribution in [2.45, 2.75) is 25.8 Å². The lowest BCUT2D eigenvalue weighted by Gasteiger charge is -2.29. The van der Waals surface area contributed by atoms with E-state index in [1.807, 2.05) is 6.92 Å². The lowest BCUT2D eigenvalue weighted by Crippen LogP contribution is -2.51. The Kier molecular flexibility index (Phi) is 4.98. The predicted octanol–water partition coefficient (Wildman–Crippen LogP) is 2.65. The van der Waals surface area contributed by atoms with E-state index in [9.17, 15) is 4.79 Å². The van der Waals surface area contributed by atoms with Crippen LogP contribution < -0.4 is 5.32 Å². The highest BCUT2D eigenvalue weighted by molar-refractivity contribution is 9.09. The number of nitrogens with zero attached hydrogens (tertiary/aromatic N) is 1. The Bertz CT molecular complexity index is 353. The van der Waals surface area contributed by atoms with Gasteiger partial charge in [-0.05, 0) is 13.3 Å². The fraction of sp³-hybridized carbons (Fsp3) is 0.600. The molecule has 0 spiro atoms. The Morgan fingerprint density at radius 2 is 2.19 bits per heavy atom. The molecule has 0 aromatic carbocycles. The van der Waals surface area contributed by atoms with Gasteiger partial charge in [-0.15, -0.1) is 0 Å². The van der Waals surface area contributed by atoms with Crippen LogP contribution in [0.1, 0.15) is 29.6 Å². The Labute approximate surface area is 111 Å². The molecule has 1 aromatic heterocycles. The number of amides is 1. The number of aryl methyl sites for hydroxylation is 1. The molecule has 6 heteroatoms. The SMILES string of the molecule is CCC(CBr)(CBr)NC(=O)c1ocnc1C. The number of rotatable bonds is 5. The number of carbonyl (C=O) groups excluding carboxylic acids is 1. The summed E-state index contributed by atoms with van der Waals surface area (Å²) in [5.41, 5.74) is 0.308. The maximum atomic E-state index is 11.9. The van der Waals surface area contributed by atoms with Gasteiger partial charge in [-0.25, -0.2) is 4.98 Å². The smallest absolute Gasteiger partial charge is 0.289 e. The van der Waals surface area contributed by atoms with Gasteiger partial charge in [0.15, 0.2) is 6.39 Å². The van der Waals surface area contributed by atoms with Crippen molar-refractivity contribution in [2.24, 2.45) is 0 Å². The van der Waals surface area contributed by atoms with Crippen molar-refractivity contribution < 1.29 is 9.21 Å². The van der Waals surface area contributed by atoms with Gasteiger partial charge in [0, 0.05) is 10.7 Å². The molecule has 0 atom stereocenters. The molecule has 0 aliphatic rings. The molecule has 1 amide bonds. The minimum absolute atomic E-state index is 0.226. The summed E-state index contributed by atoms with van der Waals surface area (Å²) in [7, 11) is 0. The summed E-state index contributed by atoms with van der Waals surface area (Å²) < 4.78 is 5.05. The van der Waals surface area contributed by atoms with Gasteiger partial charge in [0.2, 0.25) is 5.76 Å². The van der Waals surface area contributed by atoms with Crippen molar-refractivity contribution in [3.05, 3.63) is 17.8 Å². The van der Waals surface area contributed by atoms with Gasteiger partial charge < -0.3 is 9.73 Å². The molecule has 0 unspecified atom stereocenters. The zero-order valence-electron chi connectivity index (χ0n) is 9.22. The molecule has 1 rings (SSSR count). The lowest BCUT2D eigenvalue weighted by molar-refractivity contribution is 0.0886. The van der Waals surface area contributed by atoms with Crippen molar-refractivity contribution in [3.8, 4) is 0 Å². The van der Waals surface area contributed by atoms with Crippen LogP contribution in [0.5, 0.6) is 0 Å². The molecule has 16 heavy (non-hydrogen) atoms. The van der Waals surface area contributed by atoms with Crippen LogP contribution in [0.2, 0.25) is 0 Å². The van der Waals surface area contributed by atoms with E-state index in [0.717, 1.165) is 6.42 Å². The molecule has 0 saturated heterocycles. The Morgan fingerprint density at radius 3 is 2.56 bits per heavy atom. The number of oxazole rings is 1. The molecule has 90 valence electrons. The second-order valence-corrected chi connectivity index (χ2v) is 4.74. The van der Waals surface area contributed by atoms with E-state index in [2.05, 4.69) is 42.2 Å². The fourth-order valence-corrected chi connectivity index (χ4v) is 3.20. The lowest BCUT2D eigenvalue weighted by atomic mass is 10.0. The molecular weight excluding hydrogens is 340 g/mol. The number of hydrogen-bond acceptors (Lipinski definition) is 3. The number of alkyl halides is 2. The number of carbonyl (C=O) groups is 1. The zero-order valence-corrected chi connectivity index (χ0v) is 12.4. The average Bonchev–Trinajstić information content (AvgIpc) is 2.72. The van der Waals surface area contributed by atoms with Gasteiger partial charge in [0.05, 0.1) is 11.2 Å². The molecule has 4 nitrogen and oxygen atoms in total. The predicted molar refractivity (Wildman–Crippen MR) is 69.3 cm³/mol. The molecular formula is C10H14Br2N2O2. The van der Waals surface area contributed by atoms with Crippen LogP contribution in [0.4, 0.5) is 0 Å². The van der Waals surface area contributed by atoms with E-state index in [1.54, 1.807) is 6.92 Å². The molecule has 1 heterocycles. The summed E-state index contributed by atoms with van der Waals surface area (Å²) in [5, 5.41) is 4.32. The average molecular weight is 354 g/mol. The highest BCUT2D eigenvalue weighted by atomic mass is 79.9. The van der Waals surface area contributed by atoms with E-state index in [4.69, 9.17) is 4.42 Å². The number of aromatic nitrogens is 1. The number of halogens is 2. The van der Waals surface area contributed by atoms with Crippen molar-refractivity contribution in [1.29, 1.82) is 0 Å². The van der Waals surface area contributed by atoms with Gasteiger partial charge in [-0.3, -0.25) is 4.79 Å². The minimum atomic E-state index is -0.295. The van der Waals surface area contributed by atoms with Gasteiger partial charge in [0.1, 0.15) is 0 Å². The summed E-state index contributed by atoms with van der Waals surface area (Å²) in [4.78, 5) is 15.8. The molecule has 0 bridgehead atoms. The first-order valence-electron chi connectivity index (χ1n) is 4.93. The van der Waals surface area contributed by atoms with Crippen LogP contribution in [0.25, 0.3) is 0 Å². The largest absolute Gasteiger partial charge is 0.438 e. The summed E-state index contributed by atoms with van der Waals surface area (Å²) in [5.74, 6) is 0.0514. The number of hydrogen-bond donors (Lipinski definition) is 1. The van der Waals surface area contributed by atoms with E-state index < -0.39 is 0 Å². The standard InChI is InChI=1S/C10H14Br2N2O2/c1-3-10(4-11,5-12)14-9(15)8-7(2)13-6-16-8/h6H,3-5H2,1-2H3,(H,14,15). The summed E-state index contributed by atoms with van der Waals surface area (Å²) in [6.45, 7) is 3.77. The zero-order chi connectivity index (χ0) is 12.2. The maximum absolute atomic E-state index is 11.9. The minimum Gasteiger partial charge on any atom is -0.438 e. The second-order valence-electron chi connectivity index (χ2n) is 3.62. The first-order chi connectivity index (χ1) is 7.58. The van der Waals surface area contributed by atoms with E-state index in [0.29, 0.717) is 16.4 Å². The molecule has 1 N–H and O–H groups in total. The van der Waals surface area contributed by atoms with E-state index in [-0.39, 0.29) is 17.2 Å². The summed E-state index contributed by atoms with van der Waals surface area (Å²) in [6, 6.07) is 0. The third-order valence-electron chi connectivity index (χ3n) is 2.52. The summed E-state index contributed by atoms with van der Waals surface area (Å²) in [6.07, 6.45) is 2.10. The van der Waals surface area contributed by atoms with Crippen molar-refractivity contribution in [3.63, 3.8) is 0 Å². The van der Waals surface area contributed by atoms with Crippen molar-refractivity contribution in [2.75, 3.05) is 10.7 Å². The second kappa shape index (κ2) is 5.82. The van der Waals surface area contributed by atoms with Crippen LogP contribution in [0.3, 0.4) is 0 Å². The molecule has 0 radical (unpaired) electrons. The topological polar surface area (TPSA) is 55.1 Å². The van der Waals surface area contributed by atoms with Crippen molar-refractivity contribution >= 4 is 37.8 Å². The van der Waals surface area contributed by atoms with Crippen LogP contribution in [0.15, 0.2) is 10.8 Å². The van der Waals surface area contributed by atoms with Gasteiger partial charge in [0.25, 0.3) is 5.91 Å². The third-order valence-corrected chi connectivity index (χ3v) is 4.67. The summed E-state index contributed by atoms with van der Waals surface area (Å²) >= 11 is 6.83. The highest BCUT2D eigenvalue weighted by Crippen LogP contribution is 2.18. The van der Waals surface area contributed by atoms with Gasteiger partial charge >= 0.3 is 0 Å². The highest BCUT2D eigenvalue weighted by Gasteiger charge is 2.29. The number of nitrogens with one attached hydrogen (secondary N) is 1. The Balaban J connectivity index is 2.81. The first-order valence-corrected chi connectivity index (χ1v) is 7.17. The first kappa shape index (κ1) is 13.7. The normalized spacial score (nSPS) is 11.5. The van der Waals surface area contributed by atoms with Crippen LogP contribution in [-0.4, -0.2) is 27.1 Å². The van der Waals surface area contributed by atoms with Crippen LogP contribution in [-0.2, 0) is 0 Å². The quantitative estimate of drug-likeness (QED) is 0.828. The molecule has 0 aliphatic heterocycles. The van der Waals surface area contributed by atoms with Gasteiger partial charge in [-0.1, -0.05) is 38.8 Å². The third kappa shape index (κ3) is 2.85. The molecule has 0 fully saturated rings. The van der Waals surface area contributed by atoms with E-state index >= 15 is 0 Å². The Hall–Kier alpha value is -0.360.